The number of amides is 2. The number of nitrogens with one attached hydrogen (secondary N) is 2. The highest BCUT2D eigenvalue weighted by molar-refractivity contribution is 6.37. The van der Waals surface area contributed by atoms with Gasteiger partial charge in [-0.2, -0.15) is 5.26 Å². The quantitative estimate of drug-likeness (QED) is 0.264. The van der Waals surface area contributed by atoms with Crippen LogP contribution in [0.3, 0.4) is 0 Å². The zero-order valence-electron chi connectivity index (χ0n) is 20.3. The molecule has 0 aliphatic carbocycles. The molecule has 0 aliphatic rings. The Morgan fingerprint density at radius 3 is 1.92 bits per heavy atom. The van der Waals surface area contributed by atoms with E-state index in [4.69, 9.17) is 27.9 Å². The molecule has 0 unspecified atom stereocenters. The number of carbonyl (C=O) groups excluding carboxylic acids is 2. The fraction of sp³-hybridized carbons (Fsp3) is 0.179. The van der Waals surface area contributed by atoms with E-state index < -0.39 is 5.91 Å². The molecule has 6 nitrogen and oxygen atoms in total. The van der Waals surface area contributed by atoms with Crippen LogP contribution in [0.4, 0.5) is 11.4 Å². The maximum atomic E-state index is 12.7. The predicted octanol–water partition coefficient (Wildman–Crippen LogP) is 6.79. The van der Waals surface area contributed by atoms with Gasteiger partial charge in [0.15, 0.2) is 12.4 Å². The van der Waals surface area contributed by atoms with E-state index in [1.807, 2.05) is 64.1 Å². The van der Waals surface area contributed by atoms with Crippen LogP contribution in [0, 0.1) is 39.0 Å². The summed E-state index contributed by atoms with van der Waals surface area (Å²) in [5.74, 6) is -0.794. The van der Waals surface area contributed by atoms with Crippen molar-refractivity contribution < 1.29 is 14.3 Å². The largest absolute Gasteiger partial charge is 0.481 e. The monoisotopic (exact) mass is 521 g/mol. The van der Waals surface area contributed by atoms with Crippen LogP contribution in [0.25, 0.3) is 6.08 Å². The Balaban J connectivity index is 1.71. The third-order valence-electron chi connectivity index (χ3n) is 5.33. The fourth-order valence-electron chi connectivity index (χ4n) is 3.54. The molecule has 3 rings (SSSR count). The van der Waals surface area contributed by atoms with E-state index in [0.717, 1.165) is 22.3 Å². The molecule has 0 aromatic heterocycles. The van der Waals surface area contributed by atoms with Gasteiger partial charge in [0.05, 0.1) is 10.0 Å². The number of hydrogen-bond donors (Lipinski definition) is 2. The third kappa shape index (κ3) is 6.88. The molecule has 3 aromatic carbocycles. The van der Waals surface area contributed by atoms with Crippen molar-refractivity contribution in [3.8, 4) is 11.8 Å². The molecule has 0 spiro atoms. The first-order chi connectivity index (χ1) is 17.1. The van der Waals surface area contributed by atoms with Crippen molar-refractivity contribution in [2.75, 3.05) is 17.2 Å². The van der Waals surface area contributed by atoms with Crippen molar-refractivity contribution in [3.63, 3.8) is 0 Å². The molecule has 0 bridgehead atoms. The van der Waals surface area contributed by atoms with Gasteiger partial charge in [-0.15, -0.1) is 0 Å². The van der Waals surface area contributed by atoms with E-state index in [2.05, 4.69) is 10.6 Å². The molecule has 0 atom stereocenters. The smallest absolute Gasteiger partial charge is 0.266 e. The minimum atomic E-state index is -0.555. The van der Waals surface area contributed by atoms with Crippen molar-refractivity contribution in [1.29, 1.82) is 5.26 Å². The summed E-state index contributed by atoms with van der Waals surface area (Å²) in [4.78, 5) is 25.0. The Morgan fingerprint density at radius 1 is 0.889 bits per heavy atom. The summed E-state index contributed by atoms with van der Waals surface area (Å²) in [5, 5.41) is 15.3. The number of halogens is 2. The van der Waals surface area contributed by atoms with Crippen LogP contribution in [0.2, 0.25) is 10.0 Å². The summed E-state index contributed by atoms with van der Waals surface area (Å²) >= 11 is 12.7. The van der Waals surface area contributed by atoms with E-state index in [9.17, 15) is 14.9 Å². The molecule has 36 heavy (non-hydrogen) atoms. The molecule has 0 radical (unpaired) electrons. The minimum Gasteiger partial charge on any atom is -0.481 e. The number of aryl methyl sites for hydroxylation is 4. The van der Waals surface area contributed by atoms with E-state index in [0.29, 0.717) is 16.9 Å². The summed E-state index contributed by atoms with van der Waals surface area (Å²) in [6.07, 6.45) is 1.38. The summed E-state index contributed by atoms with van der Waals surface area (Å²) < 4.78 is 5.56. The van der Waals surface area contributed by atoms with Gasteiger partial charge in [-0.1, -0.05) is 58.6 Å². The van der Waals surface area contributed by atoms with Crippen LogP contribution >= 0.6 is 23.2 Å². The number of anilines is 2. The molecular weight excluding hydrogens is 497 g/mol. The van der Waals surface area contributed by atoms with Gasteiger partial charge >= 0.3 is 0 Å². The Hall–Kier alpha value is -3.79. The molecule has 0 saturated carbocycles. The Bertz CT molecular complexity index is 1380. The number of rotatable bonds is 7. The van der Waals surface area contributed by atoms with E-state index >= 15 is 0 Å². The average molecular weight is 522 g/mol. The van der Waals surface area contributed by atoms with Crippen LogP contribution in [-0.2, 0) is 9.59 Å². The number of carbonyl (C=O) groups is 2. The van der Waals surface area contributed by atoms with Crippen molar-refractivity contribution in [2.24, 2.45) is 0 Å². The maximum absolute atomic E-state index is 12.7. The van der Waals surface area contributed by atoms with Crippen LogP contribution < -0.4 is 15.4 Å². The molecule has 8 heteroatoms. The Labute approximate surface area is 220 Å². The number of nitrogens with zero attached hydrogens (tertiary/aromatic N) is 1. The molecule has 0 fully saturated rings. The van der Waals surface area contributed by atoms with Crippen molar-refractivity contribution in [1.82, 2.24) is 0 Å². The minimum absolute atomic E-state index is 0.122. The van der Waals surface area contributed by atoms with E-state index in [1.54, 1.807) is 6.07 Å². The molecule has 0 heterocycles. The van der Waals surface area contributed by atoms with Gasteiger partial charge in [0.25, 0.3) is 11.8 Å². The summed E-state index contributed by atoms with van der Waals surface area (Å²) in [6, 6.07) is 16.2. The highest BCUT2D eigenvalue weighted by Crippen LogP contribution is 2.35. The topological polar surface area (TPSA) is 91.2 Å². The second-order valence-electron chi connectivity index (χ2n) is 8.41. The predicted molar refractivity (Wildman–Crippen MR) is 145 cm³/mol. The molecule has 3 aromatic rings. The SMILES string of the molecule is Cc1ccc(NC(=O)COc2c(Cl)cc(/C=C(\C#N)C(=O)Nc3ccc(C)cc3C)cc2Cl)c(C)c1. The zero-order valence-corrected chi connectivity index (χ0v) is 21.8. The van der Waals surface area contributed by atoms with Gasteiger partial charge in [-0.3, -0.25) is 9.59 Å². The van der Waals surface area contributed by atoms with Gasteiger partial charge in [-0.05, 0) is 74.7 Å². The number of nitriles is 1. The average Bonchev–Trinajstić information content (AvgIpc) is 2.80. The van der Waals surface area contributed by atoms with Gasteiger partial charge < -0.3 is 15.4 Å². The Kier molecular flexibility index (Phi) is 8.76. The standard InChI is InChI=1S/C28H25Cl2N3O3/c1-16-5-7-24(18(3)9-16)32-26(34)15-36-27-22(29)12-20(13-23(27)30)11-21(14-31)28(35)33-25-8-6-17(2)10-19(25)4/h5-13H,15H2,1-4H3,(H,32,34)(H,33,35)/b21-11+. The number of ether oxygens (including phenoxy) is 1. The first kappa shape index (κ1) is 26.8. The lowest BCUT2D eigenvalue weighted by atomic mass is 10.1. The molecule has 0 aliphatic heterocycles. The third-order valence-corrected chi connectivity index (χ3v) is 5.89. The lowest BCUT2D eigenvalue weighted by molar-refractivity contribution is -0.118. The summed E-state index contributed by atoms with van der Waals surface area (Å²) in [5.41, 5.74) is 5.60. The fourth-order valence-corrected chi connectivity index (χ4v) is 4.15. The molecule has 184 valence electrons. The van der Waals surface area contributed by atoms with Gasteiger partial charge in [0, 0.05) is 11.4 Å². The first-order valence-corrected chi connectivity index (χ1v) is 11.8. The highest BCUT2D eigenvalue weighted by Gasteiger charge is 2.15. The maximum Gasteiger partial charge on any atom is 0.266 e. The zero-order chi connectivity index (χ0) is 26.4. The van der Waals surface area contributed by atoms with Gasteiger partial charge in [0.1, 0.15) is 11.6 Å². The second-order valence-corrected chi connectivity index (χ2v) is 9.23. The van der Waals surface area contributed by atoms with Crippen molar-refractivity contribution in [2.45, 2.75) is 27.7 Å². The molecule has 0 saturated heterocycles. The van der Waals surface area contributed by atoms with Crippen molar-refractivity contribution in [3.05, 3.63) is 92.0 Å². The van der Waals surface area contributed by atoms with E-state index in [1.165, 1.54) is 18.2 Å². The Morgan fingerprint density at radius 2 is 1.42 bits per heavy atom. The normalized spacial score (nSPS) is 11.0. The molecule has 2 amide bonds. The second kappa shape index (κ2) is 11.8. The summed E-state index contributed by atoms with van der Waals surface area (Å²) in [6.45, 7) is 7.41. The van der Waals surface area contributed by atoms with E-state index in [-0.39, 0.29) is 33.9 Å². The molecular formula is C28H25Cl2N3O3. The van der Waals surface area contributed by atoms with Gasteiger partial charge in [-0.25, -0.2) is 0 Å². The van der Waals surface area contributed by atoms with Crippen LogP contribution in [-0.4, -0.2) is 18.4 Å². The van der Waals surface area contributed by atoms with Gasteiger partial charge in [0.2, 0.25) is 0 Å². The summed E-state index contributed by atoms with van der Waals surface area (Å²) in [7, 11) is 0. The van der Waals surface area contributed by atoms with Crippen molar-refractivity contribution >= 4 is 52.5 Å². The van der Waals surface area contributed by atoms with Crippen LogP contribution in [0.1, 0.15) is 27.8 Å². The van der Waals surface area contributed by atoms with Crippen LogP contribution in [0.5, 0.6) is 5.75 Å². The number of benzene rings is 3. The highest BCUT2D eigenvalue weighted by atomic mass is 35.5. The number of hydrogen-bond acceptors (Lipinski definition) is 4. The van der Waals surface area contributed by atoms with Crippen LogP contribution in [0.15, 0.2) is 54.1 Å². The lowest BCUT2D eigenvalue weighted by Crippen LogP contribution is -2.20. The lowest BCUT2D eigenvalue weighted by Gasteiger charge is -2.13. The molecule has 2 N–H and O–H groups in total. The first-order valence-electron chi connectivity index (χ1n) is 11.1.